The molecular formula is C12H15IO3. The third-order valence-electron chi connectivity index (χ3n) is 2.13. The largest absolute Gasteiger partial charge is 0.492 e. The Hall–Kier alpha value is -0.780. The molecule has 0 unspecified atom stereocenters. The molecule has 0 aliphatic rings. The van der Waals surface area contributed by atoms with E-state index in [4.69, 9.17) is 9.84 Å². The summed E-state index contributed by atoms with van der Waals surface area (Å²) in [5, 5.41) is 8.80. The van der Waals surface area contributed by atoms with E-state index < -0.39 is 5.97 Å². The van der Waals surface area contributed by atoms with Crippen molar-refractivity contribution in [1.29, 1.82) is 0 Å². The SMILES string of the molecule is CC(C)CCOc1ccc(C(=O)O)cc1I. The topological polar surface area (TPSA) is 46.5 Å². The lowest BCUT2D eigenvalue weighted by Crippen LogP contribution is -2.03. The number of aromatic carboxylic acids is 1. The maximum Gasteiger partial charge on any atom is 0.335 e. The van der Waals surface area contributed by atoms with Crippen molar-refractivity contribution in [3.63, 3.8) is 0 Å². The van der Waals surface area contributed by atoms with Crippen molar-refractivity contribution < 1.29 is 14.6 Å². The second-order valence-electron chi connectivity index (χ2n) is 3.98. The van der Waals surface area contributed by atoms with Crippen LogP contribution in [0.1, 0.15) is 30.6 Å². The Morgan fingerprint density at radius 3 is 2.69 bits per heavy atom. The molecule has 1 rings (SSSR count). The minimum absolute atomic E-state index is 0.292. The first-order valence-electron chi connectivity index (χ1n) is 5.16. The summed E-state index contributed by atoms with van der Waals surface area (Å²) in [5.74, 6) is 0.453. The zero-order valence-electron chi connectivity index (χ0n) is 9.37. The minimum Gasteiger partial charge on any atom is -0.492 e. The van der Waals surface area contributed by atoms with Gasteiger partial charge in [-0.05, 0) is 53.1 Å². The first kappa shape index (κ1) is 13.3. The second-order valence-corrected chi connectivity index (χ2v) is 5.14. The van der Waals surface area contributed by atoms with Crippen molar-refractivity contribution >= 4 is 28.6 Å². The monoisotopic (exact) mass is 334 g/mol. The Kier molecular flexibility index (Phi) is 5.05. The van der Waals surface area contributed by atoms with Crippen LogP contribution < -0.4 is 4.74 Å². The molecule has 0 aliphatic heterocycles. The molecule has 1 N–H and O–H groups in total. The number of ether oxygens (including phenoxy) is 1. The average Bonchev–Trinajstić information content (AvgIpc) is 2.19. The summed E-state index contributed by atoms with van der Waals surface area (Å²) in [4.78, 5) is 10.7. The Labute approximate surface area is 109 Å². The number of benzene rings is 1. The summed E-state index contributed by atoms with van der Waals surface area (Å²) in [5.41, 5.74) is 0.292. The lowest BCUT2D eigenvalue weighted by Gasteiger charge is -2.10. The van der Waals surface area contributed by atoms with E-state index >= 15 is 0 Å². The number of carboxylic acid groups (broad SMARTS) is 1. The minimum atomic E-state index is -0.911. The Morgan fingerprint density at radius 1 is 1.50 bits per heavy atom. The normalized spacial score (nSPS) is 10.5. The highest BCUT2D eigenvalue weighted by atomic mass is 127. The van der Waals surface area contributed by atoms with E-state index in [0.717, 1.165) is 15.7 Å². The Balaban J connectivity index is 2.64. The number of hydrogen-bond donors (Lipinski definition) is 1. The highest BCUT2D eigenvalue weighted by Crippen LogP contribution is 2.22. The van der Waals surface area contributed by atoms with Crippen LogP contribution in [0.3, 0.4) is 0 Å². The van der Waals surface area contributed by atoms with Crippen LogP contribution in [0.5, 0.6) is 5.75 Å². The maximum absolute atomic E-state index is 10.7. The van der Waals surface area contributed by atoms with Crippen LogP contribution in [-0.4, -0.2) is 17.7 Å². The number of halogens is 1. The van der Waals surface area contributed by atoms with E-state index in [1.807, 2.05) is 0 Å². The van der Waals surface area contributed by atoms with Crippen LogP contribution in [0.2, 0.25) is 0 Å². The van der Waals surface area contributed by atoms with Crippen molar-refractivity contribution in [1.82, 2.24) is 0 Å². The fourth-order valence-corrected chi connectivity index (χ4v) is 1.83. The predicted octanol–water partition coefficient (Wildman–Crippen LogP) is 3.41. The third-order valence-corrected chi connectivity index (χ3v) is 2.97. The number of hydrogen-bond acceptors (Lipinski definition) is 2. The molecule has 3 nitrogen and oxygen atoms in total. The second kappa shape index (κ2) is 6.08. The van der Waals surface area contributed by atoms with Crippen molar-refractivity contribution in [3.05, 3.63) is 27.3 Å². The van der Waals surface area contributed by atoms with E-state index in [2.05, 4.69) is 36.4 Å². The molecular weight excluding hydrogens is 319 g/mol. The molecule has 4 heteroatoms. The molecule has 0 aromatic heterocycles. The van der Waals surface area contributed by atoms with Gasteiger partial charge in [0.15, 0.2) is 0 Å². The van der Waals surface area contributed by atoms with Gasteiger partial charge in [-0.2, -0.15) is 0 Å². The highest BCUT2D eigenvalue weighted by molar-refractivity contribution is 14.1. The van der Waals surface area contributed by atoms with Crippen molar-refractivity contribution in [3.8, 4) is 5.75 Å². The third kappa shape index (κ3) is 4.00. The van der Waals surface area contributed by atoms with Gasteiger partial charge in [0.05, 0.1) is 15.7 Å². The standard InChI is InChI=1S/C12H15IO3/c1-8(2)5-6-16-11-4-3-9(12(14)15)7-10(11)13/h3-4,7-8H,5-6H2,1-2H3,(H,14,15). The summed E-state index contributed by atoms with van der Waals surface area (Å²) in [7, 11) is 0. The smallest absolute Gasteiger partial charge is 0.335 e. The molecule has 16 heavy (non-hydrogen) atoms. The van der Waals surface area contributed by atoms with Gasteiger partial charge in [-0.1, -0.05) is 13.8 Å². The molecule has 0 spiro atoms. The highest BCUT2D eigenvalue weighted by Gasteiger charge is 2.07. The molecule has 0 atom stereocenters. The van der Waals surface area contributed by atoms with E-state index in [1.165, 1.54) is 0 Å². The van der Waals surface area contributed by atoms with Crippen molar-refractivity contribution in [2.45, 2.75) is 20.3 Å². The van der Waals surface area contributed by atoms with Gasteiger partial charge in [-0.15, -0.1) is 0 Å². The van der Waals surface area contributed by atoms with Crippen LogP contribution in [0, 0.1) is 9.49 Å². The molecule has 0 aliphatic carbocycles. The molecule has 0 amide bonds. The number of rotatable bonds is 5. The molecule has 0 radical (unpaired) electrons. The predicted molar refractivity (Wildman–Crippen MR) is 71.1 cm³/mol. The molecule has 0 bridgehead atoms. The summed E-state index contributed by atoms with van der Waals surface area (Å²) in [6, 6.07) is 4.90. The first-order chi connectivity index (χ1) is 7.50. The number of carbonyl (C=O) groups is 1. The van der Waals surface area contributed by atoms with Gasteiger partial charge in [0.1, 0.15) is 5.75 Å². The Bertz CT molecular complexity index is 375. The summed E-state index contributed by atoms with van der Waals surface area (Å²) >= 11 is 2.09. The summed E-state index contributed by atoms with van der Waals surface area (Å²) < 4.78 is 6.42. The lowest BCUT2D eigenvalue weighted by atomic mass is 10.1. The van der Waals surface area contributed by atoms with E-state index in [9.17, 15) is 4.79 Å². The zero-order valence-corrected chi connectivity index (χ0v) is 11.5. The number of carboxylic acids is 1. The Morgan fingerprint density at radius 2 is 2.19 bits per heavy atom. The fraction of sp³-hybridized carbons (Fsp3) is 0.417. The maximum atomic E-state index is 10.7. The first-order valence-corrected chi connectivity index (χ1v) is 6.24. The van der Waals surface area contributed by atoms with Gasteiger partial charge in [-0.25, -0.2) is 4.79 Å². The van der Waals surface area contributed by atoms with Gasteiger partial charge in [-0.3, -0.25) is 0 Å². The van der Waals surface area contributed by atoms with Crippen molar-refractivity contribution in [2.24, 2.45) is 5.92 Å². The van der Waals surface area contributed by atoms with Gasteiger partial charge in [0.2, 0.25) is 0 Å². The molecule has 0 saturated heterocycles. The van der Waals surface area contributed by atoms with Crippen LogP contribution in [0.15, 0.2) is 18.2 Å². The van der Waals surface area contributed by atoms with E-state index in [1.54, 1.807) is 18.2 Å². The molecule has 0 saturated carbocycles. The summed E-state index contributed by atoms with van der Waals surface area (Å²) in [6.45, 7) is 4.95. The van der Waals surface area contributed by atoms with Crippen LogP contribution in [0.4, 0.5) is 0 Å². The van der Waals surface area contributed by atoms with E-state index in [-0.39, 0.29) is 0 Å². The van der Waals surface area contributed by atoms with Gasteiger partial charge >= 0.3 is 5.97 Å². The van der Waals surface area contributed by atoms with Crippen LogP contribution >= 0.6 is 22.6 Å². The zero-order chi connectivity index (χ0) is 12.1. The van der Waals surface area contributed by atoms with E-state index in [0.29, 0.717) is 18.1 Å². The fourth-order valence-electron chi connectivity index (χ4n) is 1.16. The lowest BCUT2D eigenvalue weighted by molar-refractivity contribution is 0.0697. The molecule has 1 aromatic carbocycles. The van der Waals surface area contributed by atoms with Gasteiger partial charge in [0.25, 0.3) is 0 Å². The van der Waals surface area contributed by atoms with Gasteiger partial charge in [0, 0.05) is 0 Å². The van der Waals surface area contributed by atoms with Crippen molar-refractivity contribution in [2.75, 3.05) is 6.61 Å². The summed E-state index contributed by atoms with van der Waals surface area (Å²) in [6.07, 6.45) is 0.997. The average molecular weight is 334 g/mol. The quantitative estimate of drug-likeness (QED) is 0.840. The molecule has 0 heterocycles. The molecule has 0 fully saturated rings. The molecule has 1 aromatic rings. The van der Waals surface area contributed by atoms with Gasteiger partial charge < -0.3 is 9.84 Å². The van der Waals surface area contributed by atoms with Crippen LogP contribution in [-0.2, 0) is 0 Å². The molecule has 88 valence electrons. The van der Waals surface area contributed by atoms with Crippen LogP contribution in [0.25, 0.3) is 0 Å².